The standard InChI is InChI=1S/C27H29ClF2N4O3/c28-23-11-8-17(14-31-23)25-33-21-12-19(29)20(30)13-22(21)34(25)24(15-4-2-1-3-5-15)26(35)32-18-9-6-16(7-10-18)27(36)37/h8,11-16,18,24H,1-7,9-10H2,(H,32,35)(H,36,37). The molecular formula is C27H29ClF2N4O3. The van der Waals surface area contributed by atoms with Crippen LogP contribution in [0.2, 0.25) is 5.15 Å². The van der Waals surface area contributed by atoms with Gasteiger partial charge in [0.1, 0.15) is 17.0 Å². The number of carboxylic acid groups (broad SMARTS) is 1. The second kappa shape index (κ2) is 10.7. The summed E-state index contributed by atoms with van der Waals surface area (Å²) < 4.78 is 30.4. The van der Waals surface area contributed by atoms with Gasteiger partial charge in [-0.3, -0.25) is 9.59 Å². The van der Waals surface area contributed by atoms with Crippen LogP contribution in [0.3, 0.4) is 0 Å². The lowest BCUT2D eigenvalue weighted by atomic mass is 9.82. The molecule has 1 aromatic carbocycles. The highest BCUT2D eigenvalue weighted by Crippen LogP contribution is 2.39. The third-order valence-corrected chi connectivity index (χ3v) is 8.01. The third kappa shape index (κ3) is 5.32. The summed E-state index contributed by atoms with van der Waals surface area (Å²) in [4.78, 5) is 34.1. The van der Waals surface area contributed by atoms with Gasteiger partial charge in [-0.15, -0.1) is 0 Å². The van der Waals surface area contributed by atoms with E-state index in [0.717, 1.165) is 44.2 Å². The van der Waals surface area contributed by atoms with Crippen LogP contribution in [0.25, 0.3) is 22.4 Å². The molecule has 2 aliphatic rings. The summed E-state index contributed by atoms with van der Waals surface area (Å²) in [7, 11) is 0. The van der Waals surface area contributed by atoms with Gasteiger partial charge in [0.2, 0.25) is 5.91 Å². The second-order valence-electron chi connectivity index (χ2n) is 10.2. The van der Waals surface area contributed by atoms with Crippen LogP contribution in [0.5, 0.6) is 0 Å². The number of aromatic nitrogens is 3. The van der Waals surface area contributed by atoms with Gasteiger partial charge in [-0.25, -0.2) is 18.7 Å². The fourth-order valence-corrected chi connectivity index (χ4v) is 5.96. The zero-order chi connectivity index (χ0) is 26.1. The monoisotopic (exact) mass is 530 g/mol. The number of aliphatic carboxylic acids is 1. The summed E-state index contributed by atoms with van der Waals surface area (Å²) in [6.07, 6.45) is 8.41. The van der Waals surface area contributed by atoms with Gasteiger partial charge < -0.3 is 15.0 Å². The van der Waals surface area contributed by atoms with Gasteiger partial charge in [-0.1, -0.05) is 30.9 Å². The van der Waals surface area contributed by atoms with Gasteiger partial charge in [0, 0.05) is 29.9 Å². The Kier molecular flexibility index (Phi) is 7.42. The van der Waals surface area contributed by atoms with Crippen LogP contribution in [-0.4, -0.2) is 37.6 Å². The van der Waals surface area contributed by atoms with Gasteiger partial charge in [0.25, 0.3) is 0 Å². The van der Waals surface area contributed by atoms with Crippen LogP contribution in [0.4, 0.5) is 8.78 Å². The van der Waals surface area contributed by atoms with Crippen molar-refractivity contribution in [1.82, 2.24) is 19.9 Å². The minimum Gasteiger partial charge on any atom is -0.481 e. The molecule has 0 aliphatic heterocycles. The number of pyridine rings is 1. The summed E-state index contributed by atoms with van der Waals surface area (Å²) >= 11 is 5.99. The molecule has 0 saturated heterocycles. The smallest absolute Gasteiger partial charge is 0.306 e. The summed E-state index contributed by atoms with van der Waals surface area (Å²) in [5.74, 6) is -3.04. The number of nitrogens with one attached hydrogen (secondary N) is 1. The van der Waals surface area contributed by atoms with Crippen LogP contribution in [-0.2, 0) is 9.59 Å². The van der Waals surface area contributed by atoms with Crippen LogP contribution in [0.1, 0.15) is 63.8 Å². The molecule has 37 heavy (non-hydrogen) atoms. The minimum absolute atomic E-state index is 0.0198. The van der Waals surface area contributed by atoms with Crippen LogP contribution >= 0.6 is 11.6 Å². The molecule has 1 amide bonds. The summed E-state index contributed by atoms with van der Waals surface area (Å²) in [6, 6.07) is 4.65. The maximum atomic E-state index is 14.5. The number of benzene rings is 1. The molecule has 1 unspecified atom stereocenters. The number of hydrogen-bond donors (Lipinski definition) is 2. The number of halogens is 3. The van der Waals surface area contributed by atoms with Crippen molar-refractivity contribution in [3.8, 4) is 11.4 Å². The molecule has 5 rings (SSSR count). The first-order valence-corrected chi connectivity index (χ1v) is 13.2. The van der Waals surface area contributed by atoms with Crippen LogP contribution < -0.4 is 5.32 Å². The Morgan fingerprint density at radius 1 is 1.03 bits per heavy atom. The van der Waals surface area contributed by atoms with Gasteiger partial charge in [0.05, 0.1) is 17.0 Å². The number of amides is 1. The van der Waals surface area contributed by atoms with Crippen molar-refractivity contribution < 1.29 is 23.5 Å². The molecule has 1 atom stereocenters. The highest BCUT2D eigenvalue weighted by molar-refractivity contribution is 6.29. The minimum atomic E-state index is -1.01. The van der Waals surface area contributed by atoms with Gasteiger partial charge in [-0.2, -0.15) is 0 Å². The van der Waals surface area contributed by atoms with E-state index < -0.39 is 23.6 Å². The number of fused-ring (bicyclic) bond motifs is 1. The maximum absolute atomic E-state index is 14.5. The zero-order valence-electron chi connectivity index (χ0n) is 20.3. The Labute approximate surface area is 218 Å². The molecule has 2 N–H and O–H groups in total. The van der Waals surface area contributed by atoms with Crippen molar-refractivity contribution in [2.45, 2.75) is 69.9 Å². The highest BCUT2D eigenvalue weighted by Gasteiger charge is 2.36. The highest BCUT2D eigenvalue weighted by atomic mass is 35.5. The van der Waals surface area contributed by atoms with E-state index in [0.29, 0.717) is 47.7 Å². The quantitative estimate of drug-likeness (QED) is 0.386. The number of nitrogens with zero attached hydrogens (tertiary/aromatic N) is 3. The fourth-order valence-electron chi connectivity index (χ4n) is 5.85. The van der Waals surface area contributed by atoms with Crippen molar-refractivity contribution in [2.75, 3.05) is 0 Å². The van der Waals surface area contributed by atoms with E-state index in [1.807, 2.05) is 0 Å². The van der Waals surface area contributed by atoms with Crippen molar-refractivity contribution in [3.05, 3.63) is 47.2 Å². The summed E-state index contributed by atoms with van der Waals surface area (Å²) in [6.45, 7) is 0. The molecule has 10 heteroatoms. The Balaban J connectivity index is 1.57. The largest absolute Gasteiger partial charge is 0.481 e. The van der Waals surface area contributed by atoms with E-state index in [9.17, 15) is 23.5 Å². The zero-order valence-corrected chi connectivity index (χ0v) is 21.1. The van der Waals surface area contributed by atoms with Gasteiger partial charge >= 0.3 is 5.97 Å². The average Bonchev–Trinajstić information content (AvgIpc) is 3.23. The molecular weight excluding hydrogens is 502 g/mol. The number of carbonyl (C=O) groups excluding carboxylic acids is 1. The molecule has 2 saturated carbocycles. The molecule has 2 heterocycles. The van der Waals surface area contributed by atoms with E-state index in [2.05, 4.69) is 15.3 Å². The number of imidazole rings is 1. The predicted octanol–water partition coefficient (Wildman–Crippen LogP) is 5.91. The number of hydrogen-bond acceptors (Lipinski definition) is 4. The Morgan fingerprint density at radius 3 is 2.38 bits per heavy atom. The van der Waals surface area contributed by atoms with Crippen LogP contribution in [0, 0.1) is 23.5 Å². The van der Waals surface area contributed by atoms with E-state index in [-0.39, 0.29) is 29.3 Å². The molecule has 2 fully saturated rings. The fraction of sp³-hybridized carbons (Fsp3) is 0.481. The molecule has 0 spiro atoms. The molecule has 2 aromatic heterocycles. The number of carboxylic acids is 1. The van der Waals surface area contributed by atoms with E-state index >= 15 is 0 Å². The lowest BCUT2D eigenvalue weighted by Crippen LogP contribution is -2.44. The van der Waals surface area contributed by atoms with Crippen molar-refractivity contribution >= 4 is 34.5 Å². The van der Waals surface area contributed by atoms with Gasteiger partial charge in [-0.05, 0) is 56.6 Å². The SMILES string of the molecule is O=C(O)C1CCC(NC(=O)C(C2CCCCC2)n2c(-c3ccc(Cl)nc3)nc3cc(F)c(F)cc32)CC1. The predicted molar refractivity (Wildman–Crippen MR) is 135 cm³/mol. The summed E-state index contributed by atoms with van der Waals surface area (Å²) in [5, 5.41) is 12.8. The number of rotatable bonds is 6. The van der Waals surface area contributed by atoms with Crippen molar-refractivity contribution in [1.29, 1.82) is 0 Å². The Hall–Kier alpha value is -3.07. The average molecular weight is 531 g/mol. The molecule has 0 radical (unpaired) electrons. The lowest BCUT2D eigenvalue weighted by molar-refractivity contribution is -0.142. The van der Waals surface area contributed by atoms with E-state index in [1.54, 1.807) is 16.7 Å². The molecule has 3 aromatic rings. The van der Waals surface area contributed by atoms with Gasteiger partial charge in [0.15, 0.2) is 11.6 Å². The first-order chi connectivity index (χ1) is 17.8. The normalized spacial score (nSPS) is 21.6. The van der Waals surface area contributed by atoms with E-state index in [4.69, 9.17) is 11.6 Å². The third-order valence-electron chi connectivity index (χ3n) is 7.78. The lowest BCUT2D eigenvalue weighted by Gasteiger charge is -2.34. The molecule has 2 aliphatic carbocycles. The van der Waals surface area contributed by atoms with Crippen molar-refractivity contribution in [2.24, 2.45) is 11.8 Å². The maximum Gasteiger partial charge on any atom is 0.306 e. The molecule has 196 valence electrons. The molecule has 7 nitrogen and oxygen atoms in total. The first-order valence-electron chi connectivity index (χ1n) is 12.8. The number of carbonyl (C=O) groups is 2. The summed E-state index contributed by atoms with van der Waals surface area (Å²) in [5.41, 5.74) is 1.17. The Morgan fingerprint density at radius 2 is 1.73 bits per heavy atom. The topological polar surface area (TPSA) is 97.1 Å². The van der Waals surface area contributed by atoms with Crippen LogP contribution in [0.15, 0.2) is 30.5 Å². The van der Waals surface area contributed by atoms with E-state index in [1.165, 1.54) is 6.20 Å². The van der Waals surface area contributed by atoms with Crippen molar-refractivity contribution in [3.63, 3.8) is 0 Å². The second-order valence-corrected chi connectivity index (χ2v) is 10.6. The molecule has 0 bridgehead atoms. The Bertz CT molecular complexity index is 1300. The first kappa shape index (κ1) is 25.6.